The molecule has 3 rings (SSSR count). The molecular weight excluding hydrogens is 390 g/mol. The Bertz CT molecular complexity index is 817. The number of hydrogen-bond acceptors (Lipinski definition) is 5. The Morgan fingerprint density at radius 1 is 1.22 bits per heavy atom. The first-order chi connectivity index (χ1) is 12.5. The highest BCUT2D eigenvalue weighted by molar-refractivity contribution is 7.89. The van der Waals surface area contributed by atoms with Gasteiger partial charge in [-0.1, -0.05) is 0 Å². The number of carbonyl (C=O) groups excluding carboxylic acids is 1. The monoisotopic (exact) mass is 413 g/mol. The summed E-state index contributed by atoms with van der Waals surface area (Å²) in [6, 6.07) is 9.78. The van der Waals surface area contributed by atoms with E-state index in [1.165, 1.54) is 24.3 Å². The third-order valence-corrected chi connectivity index (χ3v) is 5.77. The predicted molar refractivity (Wildman–Crippen MR) is 105 cm³/mol. The molecule has 1 saturated heterocycles. The highest BCUT2D eigenvalue weighted by Gasteiger charge is 2.18. The van der Waals surface area contributed by atoms with Crippen molar-refractivity contribution in [2.24, 2.45) is 0 Å². The number of hydrogen-bond donors (Lipinski definition) is 3. The maximum atomic E-state index is 12.3. The average Bonchev–Trinajstić information content (AvgIpc) is 3.33. The van der Waals surface area contributed by atoms with Crippen LogP contribution in [0, 0.1) is 0 Å². The van der Waals surface area contributed by atoms with Crippen LogP contribution >= 0.6 is 12.4 Å². The van der Waals surface area contributed by atoms with Crippen LogP contribution in [0.25, 0.3) is 0 Å². The zero-order valence-corrected chi connectivity index (χ0v) is 16.4. The summed E-state index contributed by atoms with van der Waals surface area (Å²) in [6.07, 6.45) is 3.81. The standard InChI is InChI=1S/C18H23N3O4S.ClH/c22-18(21-15-9-11-19-13-15)14-5-7-17(8-6-14)26(23,24)20-10-1-3-16-4-2-12-25-16;/h2,4-8,12,15,19-20H,1,3,9-11,13H2,(H,21,22);1H/t15-;/m0./s1. The molecule has 7 nitrogen and oxygen atoms in total. The van der Waals surface area contributed by atoms with E-state index in [-0.39, 0.29) is 29.3 Å². The van der Waals surface area contributed by atoms with E-state index >= 15 is 0 Å². The van der Waals surface area contributed by atoms with Crippen molar-refractivity contribution in [3.8, 4) is 0 Å². The van der Waals surface area contributed by atoms with Crippen molar-refractivity contribution in [3.63, 3.8) is 0 Å². The minimum atomic E-state index is -3.59. The van der Waals surface area contributed by atoms with E-state index in [1.807, 2.05) is 6.07 Å². The van der Waals surface area contributed by atoms with Crippen LogP contribution < -0.4 is 15.4 Å². The fourth-order valence-corrected chi connectivity index (χ4v) is 3.91. The lowest BCUT2D eigenvalue weighted by Crippen LogP contribution is -2.36. The van der Waals surface area contributed by atoms with E-state index in [4.69, 9.17) is 4.42 Å². The van der Waals surface area contributed by atoms with Gasteiger partial charge >= 0.3 is 0 Å². The molecule has 1 aromatic heterocycles. The van der Waals surface area contributed by atoms with Crippen LogP contribution in [0.1, 0.15) is 29.0 Å². The zero-order valence-electron chi connectivity index (χ0n) is 14.8. The van der Waals surface area contributed by atoms with Crippen LogP contribution in [0.3, 0.4) is 0 Å². The number of amides is 1. The molecule has 2 aromatic rings. The molecule has 148 valence electrons. The molecule has 1 atom stereocenters. The number of benzene rings is 1. The lowest BCUT2D eigenvalue weighted by molar-refractivity contribution is 0.0940. The van der Waals surface area contributed by atoms with Gasteiger partial charge in [0, 0.05) is 31.1 Å². The van der Waals surface area contributed by atoms with E-state index in [0.717, 1.165) is 25.3 Å². The summed E-state index contributed by atoms with van der Waals surface area (Å²) in [5.41, 5.74) is 0.452. The first kappa shape index (κ1) is 21.4. The molecule has 1 aliphatic rings. The summed E-state index contributed by atoms with van der Waals surface area (Å²) in [5.74, 6) is 0.645. The van der Waals surface area contributed by atoms with Crippen LogP contribution in [0.5, 0.6) is 0 Å². The first-order valence-electron chi connectivity index (χ1n) is 8.68. The molecule has 1 fully saturated rings. The molecule has 1 aromatic carbocycles. The van der Waals surface area contributed by atoms with Crippen molar-refractivity contribution < 1.29 is 17.6 Å². The predicted octanol–water partition coefficient (Wildman–Crippen LogP) is 1.70. The minimum Gasteiger partial charge on any atom is -0.469 e. The first-order valence-corrected chi connectivity index (χ1v) is 10.2. The Morgan fingerprint density at radius 3 is 2.63 bits per heavy atom. The second kappa shape index (κ2) is 9.89. The largest absolute Gasteiger partial charge is 0.469 e. The van der Waals surface area contributed by atoms with Crippen LogP contribution in [-0.4, -0.2) is 40.0 Å². The lowest BCUT2D eigenvalue weighted by Gasteiger charge is -2.12. The summed E-state index contributed by atoms with van der Waals surface area (Å²) >= 11 is 0. The SMILES string of the molecule is Cl.O=C(N[C@H]1CCNC1)c1ccc(S(=O)(=O)NCCCc2ccco2)cc1. The molecule has 0 bridgehead atoms. The lowest BCUT2D eigenvalue weighted by atomic mass is 10.2. The van der Waals surface area contributed by atoms with Crippen LogP contribution in [0.2, 0.25) is 0 Å². The number of nitrogens with one attached hydrogen (secondary N) is 3. The van der Waals surface area contributed by atoms with Gasteiger partial charge < -0.3 is 15.1 Å². The van der Waals surface area contributed by atoms with E-state index in [9.17, 15) is 13.2 Å². The molecule has 0 spiro atoms. The molecule has 0 saturated carbocycles. The molecular formula is C18H24ClN3O4S. The maximum Gasteiger partial charge on any atom is 0.251 e. The highest BCUT2D eigenvalue weighted by Crippen LogP contribution is 2.12. The molecule has 1 aliphatic heterocycles. The Labute approximate surface area is 165 Å². The Morgan fingerprint density at radius 2 is 2.00 bits per heavy atom. The van der Waals surface area contributed by atoms with Gasteiger partial charge in [-0.25, -0.2) is 13.1 Å². The number of aryl methyl sites for hydroxylation is 1. The molecule has 0 aliphatic carbocycles. The van der Waals surface area contributed by atoms with Gasteiger partial charge in [-0.05, 0) is 55.8 Å². The second-order valence-electron chi connectivity index (χ2n) is 6.27. The Kier molecular flexibility index (Phi) is 7.85. The fraction of sp³-hybridized carbons (Fsp3) is 0.389. The van der Waals surface area contributed by atoms with E-state index in [1.54, 1.807) is 12.3 Å². The van der Waals surface area contributed by atoms with E-state index < -0.39 is 10.0 Å². The molecule has 0 unspecified atom stereocenters. The summed E-state index contributed by atoms with van der Waals surface area (Å²) in [5, 5.41) is 6.12. The van der Waals surface area contributed by atoms with Crippen molar-refractivity contribution in [2.45, 2.75) is 30.2 Å². The number of halogens is 1. The molecule has 3 N–H and O–H groups in total. The van der Waals surface area contributed by atoms with Crippen molar-refractivity contribution >= 4 is 28.3 Å². The zero-order chi connectivity index (χ0) is 18.4. The van der Waals surface area contributed by atoms with E-state index in [0.29, 0.717) is 24.9 Å². The van der Waals surface area contributed by atoms with Crippen LogP contribution in [0.4, 0.5) is 0 Å². The van der Waals surface area contributed by atoms with Gasteiger partial charge in [-0.3, -0.25) is 4.79 Å². The summed E-state index contributed by atoms with van der Waals surface area (Å²) in [4.78, 5) is 12.3. The normalized spacial score (nSPS) is 16.7. The minimum absolute atomic E-state index is 0. The number of carbonyl (C=O) groups is 1. The molecule has 9 heteroatoms. The average molecular weight is 414 g/mol. The van der Waals surface area contributed by atoms with Crippen molar-refractivity contribution in [1.29, 1.82) is 0 Å². The van der Waals surface area contributed by atoms with Gasteiger partial charge in [0.25, 0.3) is 5.91 Å². The van der Waals surface area contributed by atoms with E-state index in [2.05, 4.69) is 15.4 Å². The van der Waals surface area contributed by atoms with Gasteiger partial charge in [0.05, 0.1) is 11.2 Å². The quantitative estimate of drug-likeness (QED) is 0.572. The van der Waals surface area contributed by atoms with Gasteiger partial charge in [0.2, 0.25) is 10.0 Å². The Hall–Kier alpha value is -1.87. The van der Waals surface area contributed by atoms with Crippen molar-refractivity contribution in [1.82, 2.24) is 15.4 Å². The third-order valence-electron chi connectivity index (χ3n) is 4.29. The van der Waals surface area contributed by atoms with Gasteiger partial charge in [-0.15, -0.1) is 12.4 Å². The molecule has 1 amide bonds. The van der Waals surface area contributed by atoms with Crippen molar-refractivity contribution in [2.75, 3.05) is 19.6 Å². The second-order valence-corrected chi connectivity index (χ2v) is 8.04. The summed E-state index contributed by atoms with van der Waals surface area (Å²) in [6.45, 7) is 1.98. The number of sulfonamides is 1. The number of rotatable bonds is 8. The summed E-state index contributed by atoms with van der Waals surface area (Å²) in [7, 11) is -3.59. The summed E-state index contributed by atoms with van der Waals surface area (Å²) < 4.78 is 32.4. The molecule has 2 heterocycles. The Balaban J connectivity index is 0.00000261. The maximum absolute atomic E-state index is 12.3. The van der Waals surface area contributed by atoms with Crippen LogP contribution in [-0.2, 0) is 16.4 Å². The van der Waals surface area contributed by atoms with Crippen molar-refractivity contribution in [3.05, 3.63) is 54.0 Å². The fourth-order valence-electron chi connectivity index (χ4n) is 2.84. The highest BCUT2D eigenvalue weighted by atomic mass is 35.5. The molecule has 0 radical (unpaired) electrons. The van der Waals surface area contributed by atoms with Gasteiger partial charge in [0.1, 0.15) is 5.76 Å². The number of furan rings is 1. The molecule has 27 heavy (non-hydrogen) atoms. The van der Waals surface area contributed by atoms with Gasteiger partial charge in [0.15, 0.2) is 0 Å². The smallest absolute Gasteiger partial charge is 0.251 e. The third kappa shape index (κ3) is 6.07. The van der Waals surface area contributed by atoms with Gasteiger partial charge in [-0.2, -0.15) is 0 Å². The topological polar surface area (TPSA) is 100 Å². The van der Waals surface area contributed by atoms with Crippen LogP contribution in [0.15, 0.2) is 52.0 Å².